The first-order valence-corrected chi connectivity index (χ1v) is 7.84. The van der Waals surface area contributed by atoms with Crippen LogP contribution < -0.4 is 9.64 Å². The second-order valence-electron chi connectivity index (χ2n) is 6.10. The van der Waals surface area contributed by atoms with E-state index in [1.807, 2.05) is 40.7 Å². The number of fused-ring (bicyclic) bond motifs is 1. The lowest BCUT2D eigenvalue weighted by Crippen LogP contribution is -2.48. The molecule has 116 valence electrons. The van der Waals surface area contributed by atoms with E-state index in [0.29, 0.717) is 18.2 Å². The number of ether oxygens (including phenoxy) is 2. The van der Waals surface area contributed by atoms with Gasteiger partial charge in [-0.1, -0.05) is 6.92 Å². The van der Waals surface area contributed by atoms with Crippen molar-refractivity contribution in [3.05, 3.63) is 16.2 Å². The lowest BCUT2D eigenvalue weighted by atomic mass is 10.1. The van der Waals surface area contributed by atoms with Crippen LogP contribution in [0.4, 0.5) is 10.5 Å². The summed E-state index contributed by atoms with van der Waals surface area (Å²) in [5.74, 6) is 0.478. The van der Waals surface area contributed by atoms with Crippen molar-refractivity contribution in [3.8, 4) is 5.88 Å². The number of aromatic nitrogens is 1. The fourth-order valence-electron chi connectivity index (χ4n) is 2.13. The summed E-state index contributed by atoms with van der Waals surface area (Å²) in [6.45, 7) is 9.91. The minimum Gasteiger partial charge on any atom is -0.474 e. The molecule has 6 heteroatoms. The van der Waals surface area contributed by atoms with Gasteiger partial charge < -0.3 is 9.47 Å². The van der Waals surface area contributed by atoms with Crippen molar-refractivity contribution >= 4 is 27.7 Å². The fraction of sp³-hybridized carbons (Fsp3) is 0.600. The molecule has 1 atom stereocenters. The molecule has 0 spiro atoms. The van der Waals surface area contributed by atoms with Gasteiger partial charge in [-0.25, -0.2) is 9.78 Å². The van der Waals surface area contributed by atoms with E-state index >= 15 is 0 Å². The van der Waals surface area contributed by atoms with Crippen LogP contribution in [0, 0.1) is 6.92 Å². The topological polar surface area (TPSA) is 51.7 Å². The summed E-state index contributed by atoms with van der Waals surface area (Å²) >= 11 is 3.46. The van der Waals surface area contributed by atoms with Crippen molar-refractivity contribution in [1.29, 1.82) is 0 Å². The predicted octanol–water partition coefficient (Wildman–Crippen LogP) is 4.07. The van der Waals surface area contributed by atoms with Gasteiger partial charge in [-0.3, -0.25) is 4.90 Å². The molecular weight excluding hydrogens is 336 g/mol. The van der Waals surface area contributed by atoms with Gasteiger partial charge in [0.25, 0.3) is 0 Å². The standard InChI is InChI=1S/C15H21BrN2O3/c1-6-10-8-20-13-12(7-11(16)9(2)17-13)18(10)14(19)21-15(3,4)5/h7,10H,6,8H2,1-5H3/t10-/m0/s1. The maximum atomic E-state index is 12.5. The van der Waals surface area contributed by atoms with Crippen LogP contribution in [0.3, 0.4) is 0 Å². The summed E-state index contributed by atoms with van der Waals surface area (Å²) in [6.07, 6.45) is 0.418. The molecule has 1 amide bonds. The summed E-state index contributed by atoms with van der Waals surface area (Å²) in [6, 6.07) is 1.81. The molecule has 0 aliphatic carbocycles. The molecule has 1 aliphatic rings. The number of carbonyl (C=O) groups is 1. The van der Waals surface area contributed by atoms with E-state index < -0.39 is 5.60 Å². The van der Waals surface area contributed by atoms with Crippen molar-refractivity contribution in [3.63, 3.8) is 0 Å². The average molecular weight is 357 g/mol. The quantitative estimate of drug-likeness (QED) is 0.761. The van der Waals surface area contributed by atoms with E-state index in [2.05, 4.69) is 20.9 Å². The molecule has 0 radical (unpaired) electrons. The van der Waals surface area contributed by atoms with Crippen molar-refractivity contribution in [1.82, 2.24) is 4.98 Å². The molecule has 2 rings (SSSR count). The number of hydrogen-bond donors (Lipinski definition) is 0. The lowest BCUT2D eigenvalue weighted by Gasteiger charge is -2.37. The van der Waals surface area contributed by atoms with Crippen LogP contribution in [0.15, 0.2) is 10.5 Å². The first-order chi connectivity index (χ1) is 9.73. The van der Waals surface area contributed by atoms with Gasteiger partial charge in [0.2, 0.25) is 5.88 Å². The monoisotopic (exact) mass is 356 g/mol. The first-order valence-electron chi connectivity index (χ1n) is 7.05. The van der Waals surface area contributed by atoms with Gasteiger partial charge >= 0.3 is 6.09 Å². The molecule has 1 aromatic rings. The second-order valence-corrected chi connectivity index (χ2v) is 6.96. The van der Waals surface area contributed by atoms with E-state index in [9.17, 15) is 4.79 Å². The Morgan fingerprint density at radius 3 is 2.81 bits per heavy atom. The molecule has 0 saturated heterocycles. The van der Waals surface area contributed by atoms with Gasteiger partial charge in [0.1, 0.15) is 17.9 Å². The Kier molecular flexibility index (Phi) is 4.46. The molecule has 5 nitrogen and oxygen atoms in total. The van der Waals surface area contributed by atoms with Crippen LogP contribution in [0.2, 0.25) is 0 Å². The Morgan fingerprint density at radius 1 is 1.57 bits per heavy atom. The number of rotatable bonds is 1. The van der Waals surface area contributed by atoms with E-state index in [0.717, 1.165) is 16.6 Å². The predicted molar refractivity (Wildman–Crippen MR) is 85.0 cm³/mol. The molecule has 0 saturated carbocycles. The summed E-state index contributed by atoms with van der Waals surface area (Å²) in [5, 5.41) is 0. The Hall–Kier alpha value is -1.30. The highest BCUT2D eigenvalue weighted by Crippen LogP contribution is 2.37. The van der Waals surface area contributed by atoms with E-state index in [4.69, 9.17) is 9.47 Å². The third-order valence-corrected chi connectivity index (χ3v) is 4.00. The van der Waals surface area contributed by atoms with Crippen LogP contribution in [-0.4, -0.2) is 29.3 Å². The number of halogens is 1. The largest absolute Gasteiger partial charge is 0.474 e. The number of nitrogens with zero attached hydrogens (tertiary/aromatic N) is 2. The Morgan fingerprint density at radius 2 is 2.24 bits per heavy atom. The number of anilines is 1. The smallest absolute Gasteiger partial charge is 0.415 e. The molecule has 0 unspecified atom stereocenters. The summed E-state index contributed by atoms with van der Waals surface area (Å²) in [5.41, 5.74) is 0.941. The zero-order valence-corrected chi connectivity index (χ0v) is 14.7. The summed E-state index contributed by atoms with van der Waals surface area (Å²) in [4.78, 5) is 18.6. The highest BCUT2D eigenvalue weighted by atomic mass is 79.9. The molecule has 0 N–H and O–H groups in total. The van der Waals surface area contributed by atoms with E-state index in [-0.39, 0.29) is 12.1 Å². The lowest BCUT2D eigenvalue weighted by molar-refractivity contribution is 0.0540. The molecule has 0 fully saturated rings. The van der Waals surface area contributed by atoms with Gasteiger partial charge in [0, 0.05) is 4.47 Å². The highest BCUT2D eigenvalue weighted by molar-refractivity contribution is 9.10. The minimum absolute atomic E-state index is 0.0521. The van der Waals surface area contributed by atoms with Crippen molar-refractivity contribution < 1.29 is 14.3 Å². The number of carbonyl (C=O) groups excluding carboxylic acids is 1. The van der Waals surface area contributed by atoms with Gasteiger partial charge in [0.15, 0.2) is 0 Å². The van der Waals surface area contributed by atoms with Crippen LogP contribution >= 0.6 is 15.9 Å². The van der Waals surface area contributed by atoms with Crippen LogP contribution in [-0.2, 0) is 4.74 Å². The third kappa shape index (κ3) is 3.48. The van der Waals surface area contributed by atoms with Crippen molar-refractivity contribution in [2.24, 2.45) is 0 Å². The maximum absolute atomic E-state index is 12.5. The molecule has 1 aromatic heterocycles. The Labute approximate surface area is 133 Å². The number of pyridine rings is 1. The zero-order chi connectivity index (χ0) is 15.8. The zero-order valence-electron chi connectivity index (χ0n) is 13.1. The normalized spacial score (nSPS) is 18.0. The van der Waals surface area contributed by atoms with Crippen LogP contribution in [0.5, 0.6) is 5.88 Å². The van der Waals surface area contributed by atoms with Gasteiger partial charge in [-0.05, 0) is 56.1 Å². The van der Waals surface area contributed by atoms with Crippen LogP contribution in [0.1, 0.15) is 39.8 Å². The van der Waals surface area contributed by atoms with Gasteiger partial charge in [0.05, 0.1) is 11.7 Å². The second kappa shape index (κ2) is 5.83. The van der Waals surface area contributed by atoms with Crippen LogP contribution in [0.25, 0.3) is 0 Å². The van der Waals surface area contributed by atoms with Crippen molar-refractivity contribution in [2.45, 2.75) is 52.7 Å². The maximum Gasteiger partial charge on any atom is 0.415 e. The van der Waals surface area contributed by atoms with E-state index in [1.165, 1.54) is 0 Å². The Balaban J connectivity index is 2.42. The third-order valence-electron chi connectivity index (χ3n) is 3.20. The molecule has 2 heterocycles. The van der Waals surface area contributed by atoms with Crippen molar-refractivity contribution in [2.75, 3.05) is 11.5 Å². The number of hydrogen-bond acceptors (Lipinski definition) is 4. The number of aryl methyl sites for hydroxylation is 1. The van der Waals surface area contributed by atoms with E-state index in [1.54, 1.807) is 4.90 Å². The Bertz CT molecular complexity index is 555. The SMILES string of the molecule is CC[C@H]1COc2nc(C)c(Br)cc2N1C(=O)OC(C)(C)C. The number of amides is 1. The summed E-state index contributed by atoms with van der Waals surface area (Å²) in [7, 11) is 0. The molecular formula is C15H21BrN2O3. The molecule has 21 heavy (non-hydrogen) atoms. The van der Waals surface area contributed by atoms with Gasteiger partial charge in [-0.15, -0.1) is 0 Å². The van der Waals surface area contributed by atoms with Gasteiger partial charge in [-0.2, -0.15) is 0 Å². The molecule has 0 bridgehead atoms. The first kappa shape index (κ1) is 16.1. The average Bonchev–Trinajstić information content (AvgIpc) is 2.36. The molecule has 0 aromatic carbocycles. The summed E-state index contributed by atoms with van der Waals surface area (Å²) < 4.78 is 12.1. The molecule has 1 aliphatic heterocycles. The fourth-order valence-corrected chi connectivity index (χ4v) is 2.44. The minimum atomic E-state index is -0.538. The highest BCUT2D eigenvalue weighted by Gasteiger charge is 2.35.